The first kappa shape index (κ1) is 10.1. The number of nitrogens with zero attached hydrogens (tertiary/aromatic N) is 1. The Kier molecular flexibility index (Phi) is 2.97. The molecule has 3 nitrogen and oxygen atoms in total. The minimum Gasteiger partial charge on any atom is -0.375 e. The van der Waals surface area contributed by atoms with Crippen LogP contribution in [0.1, 0.15) is 24.0 Å². The van der Waals surface area contributed by atoms with Crippen molar-refractivity contribution in [2.24, 2.45) is 10.8 Å². The van der Waals surface area contributed by atoms with Gasteiger partial charge in [-0.25, -0.2) is 0 Å². The Balaban J connectivity index is 2.29. The number of nitrogens with one attached hydrogen (secondary N) is 1. The van der Waals surface area contributed by atoms with Crippen LogP contribution in [0.2, 0.25) is 0 Å². The molecule has 0 unspecified atom stereocenters. The molecule has 0 fully saturated rings. The molecule has 1 aliphatic carbocycles. The number of rotatable bonds is 1. The molecular formula is C11H13N3S. The van der Waals surface area contributed by atoms with Gasteiger partial charge in [-0.05, 0) is 37.0 Å². The highest BCUT2D eigenvalue weighted by Crippen LogP contribution is 2.20. The first-order valence-corrected chi connectivity index (χ1v) is 5.38. The summed E-state index contributed by atoms with van der Waals surface area (Å²) in [5, 5.41) is 4.44. The molecule has 0 saturated carbocycles. The van der Waals surface area contributed by atoms with Gasteiger partial charge in [0.15, 0.2) is 5.11 Å². The van der Waals surface area contributed by atoms with E-state index in [4.69, 9.17) is 18.0 Å². The van der Waals surface area contributed by atoms with Gasteiger partial charge < -0.3 is 5.73 Å². The van der Waals surface area contributed by atoms with Crippen LogP contribution >= 0.6 is 12.2 Å². The lowest BCUT2D eigenvalue weighted by Gasteiger charge is -2.17. The van der Waals surface area contributed by atoms with Crippen LogP contribution in [-0.2, 0) is 6.42 Å². The van der Waals surface area contributed by atoms with Gasteiger partial charge in [0.2, 0.25) is 0 Å². The Morgan fingerprint density at radius 3 is 2.93 bits per heavy atom. The number of hydrogen-bond donors (Lipinski definition) is 2. The molecule has 2 rings (SSSR count). The molecule has 1 aromatic carbocycles. The number of aryl methyl sites for hydroxylation is 1. The summed E-state index contributed by atoms with van der Waals surface area (Å²) < 4.78 is 0. The van der Waals surface area contributed by atoms with Gasteiger partial charge in [-0.15, -0.1) is 0 Å². The van der Waals surface area contributed by atoms with Crippen LogP contribution in [0.15, 0.2) is 29.4 Å². The summed E-state index contributed by atoms with van der Waals surface area (Å²) in [7, 11) is 0. The molecular weight excluding hydrogens is 206 g/mol. The Labute approximate surface area is 94.4 Å². The summed E-state index contributed by atoms with van der Waals surface area (Å²) >= 11 is 4.72. The lowest BCUT2D eigenvalue weighted by atomic mass is 9.90. The van der Waals surface area contributed by atoms with Crippen molar-refractivity contribution in [3.8, 4) is 0 Å². The second-order valence-electron chi connectivity index (χ2n) is 3.55. The van der Waals surface area contributed by atoms with Crippen molar-refractivity contribution in [2.45, 2.75) is 19.3 Å². The van der Waals surface area contributed by atoms with Crippen LogP contribution in [0, 0.1) is 0 Å². The van der Waals surface area contributed by atoms with Gasteiger partial charge >= 0.3 is 0 Å². The summed E-state index contributed by atoms with van der Waals surface area (Å²) in [5.74, 6) is 0. The van der Waals surface area contributed by atoms with Crippen molar-refractivity contribution in [1.29, 1.82) is 0 Å². The molecule has 78 valence electrons. The van der Waals surface area contributed by atoms with E-state index in [0.717, 1.165) is 25.0 Å². The SMILES string of the molecule is NC(=S)N/N=C1\CCCc2ccccc21. The third-order valence-electron chi connectivity index (χ3n) is 2.49. The summed E-state index contributed by atoms with van der Waals surface area (Å²) in [6.45, 7) is 0. The monoisotopic (exact) mass is 219 g/mol. The molecule has 1 aromatic rings. The molecule has 15 heavy (non-hydrogen) atoms. The topological polar surface area (TPSA) is 50.4 Å². The average molecular weight is 219 g/mol. The molecule has 0 heterocycles. The van der Waals surface area contributed by atoms with Crippen molar-refractivity contribution < 1.29 is 0 Å². The zero-order chi connectivity index (χ0) is 10.7. The van der Waals surface area contributed by atoms with Crippen molar-refractivity contribution in [3.63, 3.8) is 0 Å². The summed E-state index contributed by atoms with van der Waals surface area (Å²) in [5.41, 5.74) is 11.6. The van der Waals surface area contributed by atoms with Crippen molar-refractivity contribution >= 4 is 23.0 Å². The maximum absolute atomic E-state index is 5.34. The normalized spacial score (nSPS) is 17.2. The molecule has 0 radical (unpaired) electrons. The lowest BCUT2D eigenvalue weighted by Crippen LogP contribution is -2.26. The van der Waals surface area contributed by atoms with Gasteiger partial charge in [-0.2, -0.15) is 5.10 Å². The molecule has 3 N–H and O–H groups in total. The van der Waals surface area contributed by atoms with Gasteiger partial charge in [0.25, 0.3) is 0 Å². The van der Waals surface area contributed by atoms with Crippen LogP contribution in [-0.4, -0.2) is 10.8 Å². The molecule has 0 saturated heterocycles. The number of nitrogens with two attached hydrogens (primary N) is 1. The Hall–Kier alpha value is -1.42. The minimum atomic E-state index is 0.213. The maximum Gasteiger partial charge on any atom is 0.184 e. The van der Waals surface area contributed by atoms with E-state index in [1.165, 1.54) is 11.1 Å². The van der Waals surface area contributed by atoms with Crippen LogP contribution in [0.25, 0.3) is 0 Å². The predicted octanol–water partition coefficient (Wildman–Crippen LogP) is 1.56. The van der Waals surface area contributed by atoms with Crippen LogP contribution < -0.4 is 11.2 Å². The standard InChI is InChI=1S/C11H13N3S/c12-11(15)14-13-10-7-3-5-8-4-1-2-6-9(8)10/h1-2,4,6H,3,5,7H2,(H3,12,14,15)/b13-10+. The Morgan fingerprint density at radius 1 is 1.33 bits per heavy atom. The van der Waals surface area contributed by atoms with E-state index < -0.39 is 0 Å². The first-order chi connectivity index (χ1) is 7.27. The molecule has 0 spiro atoms. The molecule has 0 atom stereocenters. The molecule has 4 heteroatoms. The largest absolute Gasteiger partial charge is 0.375 e. The van der Waals surface area contributed by atoms with E-state index in [0.29, 0.717) is 0 Å². The van der Waals surface area contributed by atoms with Gasteiger partial charge in [0.1, 0.15) is 0 Å². The number of thiocarbonyl (C=S) groups is 1. The molecule has 0 aromatic heterocycles. The quantitative estimate of drug-likeness (QED) is 0.556. The highest BCUT2D eigenvalue weighted by Gasteiger charge is 2.14. The van der Waals surface area contributed by atoms with Gasteiger partial charge in [0, 0.05) is 5.56 Å². The van der Waals surface area contributed by atoms with E-state index in [2.05, 4.69) is 28.7 Å². The van der Waals surface area contributed by atoms with Crippen molar-refractivity contribution in [3.05, 3.63) is 35.4 Å². The predicted molar refractivity (Wildman–Crippen MR) is 65.8 cm³/mol. The summed E-state index contributed by atoms with van der Waals surface area (Å²) in [4.78, 5) is 0. The van der Waals surface area contributed by atoms with E-state index >= 15 is 0 Å². The number of benzene rings is 1. The maximum atomic E-state index is 5.34. The number of hydrazone groups is 1. The molecule has 0 aliphatic heterocycles. The van der Waals surface area contributed by atoms with Gasteiger partial charge in [-0.1, -0.05) is 24.3 Å². The lowest BCUT2D eigenvalue weighted by molar-refractivity contribution is 0.828. The van der Waals surface area contributed by atoms with E-state index in [1.807, 2.05) is 6.07 Å². The minimum absolute atomic E-state index is 0.213. The fraction of sp³-hybridized carbons (Fsp3) is 0.273. The Bertz CT molecular complexity index is 412. The van der Waals surface area contributed by atoms with Gasteiger partial charge in [0.05, 0.1) is 5.71 Å². The third kappa shape index (κ3) is 2.33. The van der Waals surface area contributed by atoms with E-state index in [1.54, 1.807) is 0 Å². The fourth-order valence-electron chi connectivity index (χ4n) is 1.84. The molecule has 0 bridgehead atoms. The van der Waals surface area contributed by atoms with Gasteiger partial charge in [-0.3, -0.25) is 5.43 Å². The second-order valence-corrected chi connectivity index (χ2v) is 3.99. The summed E-state index contributed by atoms with van der Waals surface area (Å²) in [6.07, 6.45) is 3.24. The van der Waals surface area contributed by atoms with E-state index in [9.17, 15) is 0 Å². The Morgan fingerprint density at radius 2 is 2.13 bits per heavy atom. The van der Waals surface area contributed by atoms with Crippen molar-refractivity contribution in [2.75, 3.05) is 0 Å². The smallest absolute Gasteiger partial charge is 0.184 e. The summed E-state index contributed by atoms with van der Waals surface area (Å²) in [6, 6.07) is 8.32. The zero-order valence-corrected chi connectivity index (χ0v) is 9.18. The molecule has 0 amide bonds. The average Bonchev–Trinajstić information content (AvgIpc) is 2.26. The third-order valence-corrected chi connectivity index (χ3v) is 2.58. The van der Waals surface area contributed by atoms with E-state index in [-0.39, 0.29) is 5.11 Å². The number of hydrogen-bond acceptors (Lipinski definition) is 2. The van der Waals surface area contributed by atoms with Crippen LogP contribution in [0.5, 0.6) is 0 Å². The highest BCUT2D eigenvalue weighted by molar-refractivity contribution is 7.80. The second kappa shape index (κ2) is 4.40. The zero-order valence-electron chi connectivity index (χ0n) is 8.36. The highest BCUT2D eigenvalue weighted by atomic mass is 32.1. The van der Waals surface area contributed by atoms with Crippen molar-refractivity contribution in [1.82, 2.24) is 5.43 Å². The number of fused-ring (bicyclic) bond motifs is 1. The fourth-order valence-corrected chi connectivity index (χ4v) is 1.89. The van der Waals surface area contributed by atoms with Crippen LogP contribution in [0.3, 0.4) is 0 Å². The first-order valence-electron chi connectivity index (χ1n) is 4.97. The van der Waals surface area contributed by atoms with Crippen LogP contribution in [0.4, 0.5) is 0 Å². The molecule has 1 aliphatic rings.